The van der Waals surface area contributed by atoms with Gasteiger partial charge in [-0.3, -0.25) is 29.1 Å². The number of rotatable bonds is 22. The molecular weight excluding hydrogens is 1160 g/mol. The van der Waals surface area contributed by atoms with Crippen LogP contribution in [-0.2, 0) is 49.4 Å². The molecule has 16 nitrogen and oxygen atoms in total. The molecule has 4 amide bonds. The number of nitrogens with one attached hydrogen (secondary N) is 4. The topological polar surface area (TPSA) is 238 Å². The fourth-order valence-corrected chi connectivity index (χ4v) is 8.75. The van der Waals surface area contributed by atoms with E-state index in [0.29, 0.717) is 42.2 Å². The summed E-state index contributed by atoms with van der Waals surface area (Å²) in [5.74, 6) is -2.43. The van der Waals surface area contributed by atoms with E-state index in [1.165, 1.54) is 10.8 Å². The Hall–Kier alpha value is -6.67. The number of unbranched alkanes of at least 4 members (excludes halogenated alkanes) is 1. The van der Waals surface area contributed by atoms with E-state index in [1.54, 1.807) is 53.9 Å². The number of carbonyl (C=O) groups excluding carboxylic acids is 4. The standard InChI is InChI=1S/C31H39N7O7S3.2C11H8N.Ir/c1-22-11-15-32-24(19-22)25-20-23(12-16-33-25)37-28(40)8-6-9-29(41)38-26(21-48(43,44)45)31(42)36-14-4-2-7-27(39)34-17-18-46-47-30-10-3-5-13-35-30;2*1-2-6-10(7-3-1)11-8-4-5-9-12-11;/h3,5,10-13,15-16,19-20,26H,2,4,6-9,14,17-18,21H2,1H3,(H,34,39)(H,36,42)(H,38,41)(H,33,37,40)(H,43,44,45);2*1-6,8-9H;/q;2*-1;/p-1. The van der Waals surface area contributed by atoms with Gasteiger partial charge < -0.3 is 35.8 Å². The quantitative estimate of drug-likeness (QED) is 0.0218. The van der Waals surface area contributed by atoms with E-state index in [2.05, 4.69) is 58.3 Å². The predicted molar refractivity (Wildman–Crippen MR) is 281 cm³/mol. The van der Waals surface area contributed by atoms with Gasteiger partial charge in [-0.25, -0.2) is 13.4 Å². The molecule has 0 fully saturated rings. The van der Waals surface area contributed by atoms with Crippen molar-refractivity contribution in [2.24, 2.45) is 0 Å². The van der Waals surface area contributed by atoms with Crippen molar-refractivity contribution < 1.29 is 52.3 Å². The first-order valence-corrected chi connectivity index (χ1v) is 26.7. The zero-order valence-electron chi connectivity index (χ0n) is 39.8. The molecule has 7 rings (SSSR count). The second-order valence-electron chi connectivity index (χ2n) is 15.5. The van der Waals surface area contributed by atoms with Gasteiger partial charge in [-0.15, -0.1) is 71.8 Å². The zero-order valence-corrected chi connectivity index (χ0v) is 44.7. The van der Waals surface area contributed by atoms with Crippen LogP contribution >= 0.6 is 21.6 Å². The third-order valence-corrected chi connectivity index (χ3v) is 12.8. The van der Waals surface area contributed by atoms with Crippen LogP contribution in [0.25, 0.3) is 33.9 Å². The molecule has 383 valence electrons. The summed E-state index contributed by atoms with van der Waals surface area (Å²) >= 11 is 0. The fraction of sp³-hybridized carbons (Fsp3) is 0.226. The summed E-state index contributed by atoms with van der Waals surface area (Å²) in [6, 6.07) is 44.7. The maximum Gasteiger partial charge on any atom is 0.243 e. The van der Waals surface area contributed by atoms with Gasteiger partial charge in [-0.1, -0.05) is 41.1 Å². The number of anilines is 1. The molecule has 0 bridgehead atoms. The van der Waals surface area contributed by atoms with Gasteiger partial charge >= 0.3 is 0 Å². The third kappa shape index (κ3) is 24.1. The zero-order chi connectivity index (χ0) is 51.2. The largest absolute Gasteiger partial charge is 0.748 e. The molecule has 1 atom stereocenters. The summed E-state index contributed by atoms with van der Waals surface area (Å²) < 4.78 is 34.2. The van der Waals surface area contributed by atoms with Crippen molar-refractivity contribution in [2.75, 3.05) is 29.9 Å². The van der Waals surface area contributed by atoms with Gasteiger partial charge in [-0.05, 0) is 102 Å². The van der Waals surface area contributed by atoms with Crippen LogP contribution in [-0.4, -0.2) is 92.2 Å². The Morgan fingerprint density at radius 2 is 1.18 bits per heavy atom. The Morgan fingerprint density at radius 3 is 1.75 bits per heavy atom. The Morgan fingerprint density at radius 1 is 0.603 bits per heavy atom. The molecule has 0 aliphatic heterocycles. The van der Waals surface area contributed by atoms with Gasteiger partial charge in [0.1, 0.15) is 11.1 Å². The minimum Gasteiger partial charge on any atom is -0.748 e. The van der Waals surface area contributed by atoms with Crippen LogP contribution in [0.5, 0.6) is 0 Å². The number of benzene rings is 2. The van der Waals surface area contributed by atoms with Crippen molar-refractivity contribution in [3.05, 3.63) is 176 Å². The van der Waals surface area contributed by atoms with E-state index >= 15 is 0 Å². The number of hydrogen-bond acceptors (Lipinski definition) is 14. The molecule has 5 heterocycles. The average molecular weight is 1220 g/mol. The summed E-state index contributed by atoms with van der Waals surface area (Å²) in [4.78, 5) is 70.8. The Balaban J connectivity index is 0.000000369. The first-order chi connectivity index (χ1) is 34.9. The van der Waals surface area contributed by atoms with Crippen LogP contribution in [0.1, 0.15) is 44.1 Å². The molecule has 4 N–H and O–H groups in total. The molecule has 0 spiro atoms. The minimum absolute atomic E-state index is 0. The molecule has 1 unspecified atom stereocenters. The van der Waals surface area contributed by atoms with Crippen molar-refractivity contribution in [1.82, 2.24) is 40.9 Å². The summed E-state index contributed by atoms with van der Waals surface area (Å²) in [6.07, 6.45) is 9.52. The predicted octanol–water partition coefficient (Wildman–Crippen LogP) is 7.92. The summed E-state index contributed by atoms with van der Waals surface area (Å²) in [5, 5.41) is 11.2. The van der Waals surface area contributed by atoms with Crippen LogP contribution in [0.2, 0.25) is 0 Å². The SMILES string of the molecule is Cc1ccnc(-c2cc(NC(=O)CCCC(=O)NC(CS(=O)(=O)[O-])C(=O)NCCCCC(=O)NCCSSc3ccccn3)ccn2)c1.[Ir].[c-]1ccccc1-c1ccccn1.[c-]1ccccc1-c1ccccn1. The minimum atomic E-state index is -4.84. The fourth-order valence-electron chi connectivity index (χ4n) is 6.32. The molecule has 0 saturated carbocycles. The van der Waals surface area contributed by atoms with Gasteiger partial charge in [0.15, 0.2) is 0 Å². The number of hydrogen-bond donors (Lipinski definition) is 4. The molecule has 0 aliphatic rings. The van der Waals surface area contributed by atoms with Crippen LogP contribution < -0.4 is 21.3 Å². The number of aromatic nitrogens is 5. The monoisotopic (exact) mass is 1220 g/mol. The molecule has 7 aromatic rings. The molecule has 5 aromatic heterocycles. The normalized spacial score (nSPS) is 10.9. The van der Waals surface area contributed by atoms with E-state index < -0.39 is 33.7 Å². The maximum absolute atomic E-state index is 12.6. The van der Waals surface area contributed by atoms with E-state index in [4.69, 9.17) is 0 Å². The van der Waals surface area contributed by atoms with E-state index in [0.717, 1.165) is 33.1 Å². The number of nitrogens with zero attached hydrogens (tertiary/aromatic N) is 5. The van der Waals surface area contributed by atoms with Crippen LogP contribution in [0, 0.1) is 19.1 Å². The number of aryl methyl sites for hydroxylation is 1. The molecule has 20 heteroatoms. The number of pyridine rings is 5. The van der Waals surface area contributed by atoms with Gasteiger partial charge in [0, 0.05) is 94.9 Å². The van der Waals surface area contributed by atoms with Gasteiger partial charge in [0.25, 0.3) is 0 Å². The molecular formula is C53H54IrN9O7S3-3. The molecule has 2 aromatic carbocycles. The maximum atomic E-state index is 12.6. The Kier molecular flexibility index (Phi) is 26.7. The Bertz CT molecular complexity index is 2700. The molecule has 1 radical (unpaired) electrons. The summed E-state index contributed by atoms with van der Waals surface area (Å²) in [7, 11) is -1.74. The van der Waals surface area contributed by atoms with Crippen LogP contribution in [0.4, 0.5) is 5.69 Å². The average Bonchev–Trinajstić information content (AvgIpc) is 3.39. The van der Waals surface area contributed by atoms with Crippen molar-refractivity contribution in [2.45, 2.75) is 56.5 Å². The smallest absolute Gasteiger partial charge is 0.243 e. The van der Waals surface area contributed by atoms with E-state index in [1.807, 2.05) is 122 Å². The first kappa shape index (κ1) is 58.9. The van der Waals surface area contributed by atoms with Crippen LogP contribution in [0.15, 0.2) is 163 Å². The third-order valence-electron chi connectivity index (χ3n) is 9.77. The molecule has 0 aliphatic carbocycles. The van der Waals surface area contributed by atoms with Gasteiger partial charge in [-0.2, -0.15) is 0 Å². The van der Waals surface area contributed by atoms with Gasteiger partial charge in [0.2, 0.25) is 23.6 Å². The number of amides is 4. The van der Waals surface area contributed by atoms with E-state index in [9.17, 15) is 32.1 Å². The van der Waals surface area contributed by atoms with Crippen molar-refractivity contribution in [1.29, 1.82) is 0 Å². The summed E-state index contributed by atoms with van der Waals surface area (Å²) in [6.45, 7) is 2.54. The summed E-state index contributed by atoms with van der Waals surface area (Å²) in [5.41, 5.74) is 6.77. The molecule has 0 saturated heterocycles. The van der Waals surface area contributed by atoms with Crippen molar-refractivity contribution in [3.63, 3.8) is 0 Å². The van der Waals surface area contributed by atoms with Crippen LogP contribution in [0.3, 0.4) is 0 Å². The second kappa shape index (κ2) is 33.1. The second-order valence-corrected chi connectivity index (χ2v) is 19.4. The van der Waals surface area contributed by atoms with Crippen molar-refractivity contribution in [3.8, 4) is 33.9 Å². The number of carbonyl (C=O) groups is 4. The first-order valence-electron chi connectivity index (χ1n) is 22.8. The van der Waals surface area contributed by atoms with Gasteiger partial charge in [0.05, 0.1) is 27.3 Å². The van der Waals surface area contributed by atoms with Crippen molar-refractivity contribution >= 4 is 61.0 Å². The Labute approximate surface area is 447 Å². The molecule has 73 heavy (non-hydrogen) atoms. The van der Waals surface area contributed by atoms with E-state index in [-0.39, 0.29) is 64.1 Å².